The van der Waals surface area contributed by atoms with E-state index in [2.05, 4.69) is 15.3 Å². The molecule has 2 N–H and O–H groups in total. The van der Waals surface area contributed by atoms with Crippen LogP contribution in [0.4, 0.5) is 0 Å². The molecule has 1 aliphatic rings. The Labute approximate surface area is 138 Å². The number of carbonyl (C=O) groups is 1. The molecule has 5 nitrogen and oxygen atoms in total. The third-order valence-electron chi connectivity index (χ3n) is 3.92. The number of aromatic nitrogens is 2. The number of hydrogen-bond acceptors (Lipinski definition) is 4. The number of rotatable bonds is 3. The van der Waals surface area contributed by atoms with Gasteiger partial charge < -0.3 is 10.3 Å². The number of carbonyl (C=O) groups excluding carboxylic acids is 1. The van der Waals surface area contributed by atoms with Gasteiger partial charge in [0.25, 0.3) is 5.56 Å². The van der Waals surface area contributed by atoms with Crippen molar-refractivity contribution in [2.45, 2.75) is 36.6 Å². The highest BCUT2D eigenvalue weighted by Crippen LogP contribution is 2.27. The summed E-state index contributed by atoms with van der Waals surface area (Å²) in [6.45, 7) is 2.49. The third-order valence-corrected chi connectivity index (χ3v) is 5.07. The number of nitrogens with zero attached hydrogens (tertiary/aromatic N) is 1. The van der Waals surface area contributed by atoms with Crippen LogP contribution >= 0.6 is 11.8 Å². The molecule has 0 saturated carbocycles. The van der Waals surface area contributed by atoms with Crippen LogP contribution in [0.2, 0.25) is 0 Å². The summed E-state index contributed by atoms with van der Waals surface area (Å²) in [7, 11) is 0. The van der Waals surface area contributed by atoms with Crippen LogP contribution in [-0.2, 0) is 4.79 Å². The maximum Gasteiger partial charge on any atom is 0.255 e. The molecular weight excluding hydrogens is 310 g/mol. The Morgan fingerprint density at radius 1 is 1.17 bits per heavy atom. The maximum atomic E-state index is 12.2. The molecule has 1 atom stereocenters. The average molecular weight is 329 g/mol. The van der Waals surface area contributed by atoms with Crippen molar-refractivity contribution in [3.05, 3.63) is 46.2 Å². The number of benzene rings is 1. The van der Waals surface area contributed by atoms with Gasteiger partial charge >= 0.3 is 0 Å². The van der Waals surface area contributed by atoms with Crippen LogP contribution in [0.15, 0.2) is 40.3 Å². The predicted octanol–water partition coefficient (Wildman–Crippen LogP) is 2.51. The van der Waals surface area contributed by atoms with E-state index in [4.69, 9.17) is 0 Å². The van der Waals surface area contributed by atoms with Gasteiger partial charge in [-0.05, 0) is 19.8 Å². The van der Waals surface area contributed by atoms with E-state index >= 15 is 0 Å². The molecule has 1 aliphatic heterocycles. The topological polar surface area (TPSA) is 74.8 Å². The minimum absolute atomic E-state index is 0.0250. The van der Waals surface area contributed by atoms with E-state index in [-0.39, 0.29) is 16.7 Å². The molecule has 6 heteroatoms. The van der Waals surface area contributed by atoms with E-state index in [1.165, 1.54) is 11.8 Å². The lowest BCUT2D eigenvalue weighted by Crippen LogP contribution is -2.31. The van der Waals surface area contributed by atoms with Crippen LogP contribution in [0.3, 0.4) is 0 Å². The fourth-order valence-corrected chi connectivity index (χ4v) is 3.64. The van der Waals surface area contributed by atoms with Gasteiger partial charge in [0.1, 0.15) is 0 Å². The van der Waals surface area contributed by atoms with Crippen LogP contribution in [0, 0.1) is 6.92 Å². The standard InChI is InChI=1S/C17H19N3O2S/c1-11-14(12-7-3-2-4-8-12)19-17(20-15(11)21)23-13-9-5-6-10-18-16(13)22/h2-4,7-8,13H,5-6,9-10H2,1H3,(H,18,22)(H,19,20,21)/t13-/m1/s1. The Morgan fingerprint density at radius 2 is 1.96 bits per heavy atom. The van der Waals surface area contributed by atoms with Gasteiger partial charge in [0, 0.05) is 17.7 Å². The second kappa shape index (κ2) is 7.00. The van der Waals surface area contributed by atoms with Gasteiger partial charge in [-0.15, -0.1) is 0 Å². The molecule has 1 saturated heterocycles. The third kappa shape index (κ3) is 3.64. The molecule has 0 unspecified atom stereocenters. The van der Waals surface area contributed by atoms with Gasteiger partial charge in [-0.25, -0.2) is 4.98 Å². The number of thioether (sulfide) groups is 1. The molecule has 1 amide bonds. The first-order valence-electron chi connectivity index (χ1n) is 7.76. The highest BCUT2D eigenvalue weighted by Gasteiger charge is 2.23. The van der Waals surface area contributed by atoms with Gasteiger partial charge in [-0.3, -0.25) is 9.59 Å². The van der Waals surface area contributed by atoms with E-state index < -0.39 is 0 Å². The van der Waals surface area contributed by atoms with Gasteiger partial charge in [0.05, 0.1) is 10.9 Å². The van der Waals surface area contributed by atoms with Crippen LogP contribution in [0.1, 0.15) is 24.8 Å². The molecule has 0 spiro atoms. The molecule has 0 radical (unpaired) electrons. The summed E-state index contributed by atoms with van der Waals surface area (Å²) in [6.07, 6.45) is 2.79. The Hall–Kier alpha value is -2.08. The number of hydrogen-bond donors (Lipinski definition) is 2. The highest BCUT2D eigenvalue weighted by atomic mass is 32.2. The first kappa shape index (κ1) is 15.8. The molecule has 23 heavy (non-hydrogen) atoms. The van der Waals surface area contributed by atoms with E-state index in [9.17, 15) is 9.59 Å². The van der Waals surface area contributed by atoms with Crippen LogP contribution in [0.25, 0.3) is 11.3 Å². The lowest BCUT2D eigenvalue weighted by Gasteiger charge is -2.13. The fraction of sp³-hybridized carbons (Fsp3) is 0.353. The summed E-state index contributed by atoms with van der Waals surface area (Å²) >= 11 is 1.34. The molecule has 0 aliphatic carbocycles. The van der Waals surface area contributed by atoms with Crippen LogP contribution < -0.4 is 10.9 Å². The number of amides is 1. The van der Waals surface area contributed by atoms with E-state index in [1.54, 1.807) is 6.92 Å². The summed E-state index contributed by atoms with van der Waals surface area (Å²) < 4.78 is 0. The smallest absolute Gasteiger partial charge is 0.255 e. The summed E-state index contributed by atoms with van der Waals surface area (Å²) in [5.41, 5.74) is 2.01. The zero-order chi connectivity index (χ0) is 16.2. The number of H-pyrrole nitrogens is 1. The lowest BCUT2D eigenvalue weighted by molar-refractivity contribution is -0.120. The summed E-state index contributed by atoms with van der Waals surface area (Å²) in [4.78, 5) is 31.7. The summed E-state index contributed by atoms with van der Waals surface area (Å²) in [5.74, 6) is 0.0250. The maximum absolute atomic E-state index is 12.2. The van der Waals surface area contributed by atoms with Crippen molar-refractivity contribution in [3.63, 3.8) is 0 Å². The minimum Gasteiger partial charge on any atom is -0.355 e. The molecule has 3 rings (SSSR count). The zero-order valence-corrected chi connectivity index (χ0v) is 13.8. The fourth-order valence-electron chi connectivity index (χ4n) is 2.60. The largest absolute Gasteiger partial charge is 0.355 e. The lowest BCUT2D eigenvalue weighted by atomic mass is 10.1. The van der Waals surface area contributed by atoms with Crippen molar-refractivity contribution < 1.29 is 4.79 Å². The number of nitrogens with one attached hydrogen (secondary N) is 2. The average Bonchev–Trinajstić information content (AvgIpc) is 2.76. The quantitative estimate of drug-likeness (QED) is 0.849. The molecule has 1 fully saturated rings. The van der Waals surface area contributed by atoms with E-state index in [1.807, 2.05) is 30.3 Å². The molecule has 1 aromatic heterocycles. The van der Waals surface area contributed by atoms with Crippen molar-refractivity contribution in [1.29, 1.82) is 0 Å². The van der Waals surface area contributed by atoms with Crippen molar-refractivity contribution in [2.24, 2.45) is 0 Å². The second-order valence-corrected chi connectivity index (χ2v) is 6.80. The summed E-state index contributed by atoms with van der Waals surface area (Å²) in [5, 5.41) is 3.21. The van der Waals surface area contributed by atoms with E-state index in [0.29, 0.717) is 16.4 Å². The van der Waals surface area contributed by atoms with Crippen LogP contribution in [0.5, 0.6) is 0 Å². The second-order valence-electron chi connectivity index (χ2n) is 5.60. The van der Waals surface area contributed by atoms with Crippen molar-refractivity contribution in [1.82, 2.24) is 15.3 Å². The summed E-state index contributed by atoms with van der Waals surface area (Å²) in [6, 6.07) is 9.63. The van der Waals surface area contributed by atoms with Gasteiger partial charge in [-0.2, -0.15) is 0 Å². The number of aromatic amines is 1. The van der Waals surface area contributed by atoms with Crippen LogP contribution in [-0.4, -0.2) is 27.7 Å². The first-order valence-corrected chi connectivity index (χ1v) is 8.64. The monoisotopic (exact) mass is 329 g/mol. The molecule has 120 valence electrons. The minimum atomic E-state index is -0.202. The Morgan fingerprint density at radius 3 is 2.74 bits per heavy atom. The SMILES string of the molecule is Cc1c(-c2ccccc2)nc(S[C@@H]2CCCCNC2=O)[nH]c1=O. The van der Waals surface area contributed by atoms with Gasteiger partial charge in [-0.1, -0.05) is 48.5 Å². The van der Waals surface area contributed by atoms with Crippen molar-refractivity contribution in [2.75, 3.05) is 6.54 Å². The van der Waals surface area contributed by atoms with E-state index in [0.717, 1.165) is 31.4 Å². The molecule has 2 heterocycles. The predicted molar refractivity (Wildman–Crippen MR) is 91.5 cm³/mol. The normalized spacial score (nSPS) is 18.3. The molecule has 1 aromatic carbocycles. The Balaban J connectivity index is 1.93. The van der Waals surface area contributed by atoms with Gasteiger partial charge in [0.15, 0.2) is 5.16 Å². The Kier molecular flexibility index (Phi) is 4.81. The Bertz CT molecular complexity index is 758. The molecule has 2 aromatic rings. The van der Waals surface area contributed by atoms with Crippen molar-refractivity contribution in [3.8, 4) is 11.3 Å². The zero-order valence-electron chi connectivity index (χ0n) is 13.0. The molecular formula is C17H19N3O2S. The molecule has 0 bridgehead atoms. The first-order chi connectivity index (χ1) is 11.1. The highest BCUT2D eigenvalue weighted by molar-refractivity contribution is 8.00. The van der Waals surface area contributed by atoms with Crippen molar-refractivity contribution >= 4 is 17.7 Å². The van der Waals surface area contributed by atoms with Gasteiger partial charge in [0.2, 0.25) is 5.91 Å².